The van der Waals surface area contributed by atoms with Crippen LogP contribution < -0.4 is 25.0 Å². The van der Waals surface area contributed by atoms with Crippen LogP contribution in [0.2, 0.25) is 5.02 Å². The average molecular weight is 496 g/mol. The third-order valence-electron chi connectivity index (χ3n) is 3.73. The van der Waals surface area contributed by atoms with Gasteiger partial charge in [-0.15, -0.1) is 13.2 Å². The van der Waals surface area contributed by atoms with Crippen molar-refractivity contribution < 1.29 is 40.7 Å². The molecule has 0 aromatic heterocycles. The van der Waals surface area contributed by atoms with Gasteiger partial charge in [0, 0.05) is 18.0 Å². The van der Waals surface area contributed by atoms with E-state index < -0.39 is 33.9 Å². The fraction of sp³-hybridized carbons (Fsp3) is 0.222. The predicted octanol–water partition coefficient (Wildman–Crippen LogP) is 2.38. The number of halogens is 4. The summed E-state index contributed by atoms with van der Waals surface area (Å²) >= 11 is 5.83. The maximum Gasteiger partial charge on any atom is 0.573 e. The van der Waals surface area contributed by atoms with Crippen LogP contribution in [-0.4, -0.2) is 40.2 Å². The van der Waals surface area contributed by atoms with E-state index >= 15 is 0 Å². The van der Waals surface area contributed by atoms with Crippen LogP contribution in [0.25, 0.3) is 0 Å². The van der Waals surface area contributed by atoms with Gasteiger partial charge in [-0.1, -0.05) is 11.6 Å². The number of hydrogen-bond donors (Lipinski definition) is 3. The Morgan fingerprint density at radius 1 is 1.06 bits per heavy atom. The molecule has 9 nitrogen and oxygen atoms in total. The number of hydrazine groups is 1. The van der Waals surface area contributed by atoms with Crippen molar-refractivity contribution in [3.63, 3.8) is 0 Å². The Hall–Kier alpha value is -3.03. The molecule has 0 saturated carbocycles. The van der Waals surface area contributed by atoms with E-state index in [1.807, 2.05) is 0 Å². The van der Waals surface area contributed by atoms with Gasteiger partial charge in [0.25, 0.3) is 5.91 Å². The number of sulfonamides is 1. The molecule has 0 bridgehead atoms. The average Bonchev–Trinajstić information content (AvgIpc) is 2.71. The van der Waals surface area contributed by atoms with Crippen molar-refractivity contribution in [1.82, 2.24) is 15.6 Å². The molecule has 0 fully saturated rings. The van der Waals surface area contributed by atoms with Gasteiger partial charge in [0.05, 0.1) is 17.6 Å². The van der Waals surface area contributed by atoms with Gasteiger partial charge < -0.3 is 9.47 Å². The maximum absolute atomic E-state index is 12.2. The molecule has 2 amide bonds. The molecule has 0 spiro atoms. The van der Waals surface area contributed by atoms with Gasteiger partial charge >= 0.3 is 6.36 Å². The normalized spacial score (nSPS) is 11.5. The van der Waals surface area contributed by atoms with Crippen molar-refractivity contribution in [2.75, 3.05) is 13.7 Å². The van der Waals surface area contributed by atoms with Crippen LogP contribution in [0.4, 0.5) is 13.2 Å². The second kappa shape index (κ2) is 10.5. The zero-order chi connectivity index (χ0) is 23.9. The smallest absolute Gasteiger partial charge is 0.496 e. The van der Waals surface area contributed by atoms with Crippen LogP contribution in [0.15, 0.2) is 47.4 Å². The molecule has 174 valence electrons. The summed E-state index contributed by atoms with van der Waals surface area (Å²) in [5.74, 6) is -1.78. The highest BCUT2D eigenvalue weighted by Crippen LogP contribution is 2.24. The number of carbonyl (C=O) groups is 2. The molecule has 0 saturated heterocycles. The van der Waals surface area contributed by atoms with Crippen molar-refractivity contribution in [1.29, 1.82) is 0 Å². The number of amides is 2. The van der Waals surface area contributed by atoms with Crippen LogP contribution in [-0.2, 0) is 14.8 Å². The monoisotopic (exact) mass is 495 g/mol. The summed E-state index contributed by atoms with van der Waals surface area (Å²) in [5.41, 5.74) is 4.33. The largest absolute Gasteiger partial charge is 0.573 e. The standard InChI is InChI=1S/C18H17ClF3N3O6S/c1-30-15-7-2-11(19)10-14(15)17(27)25-24-16(26)8-9-23-32(28,29)13-5-3-12(4-6-13)31-18(20,21)22/h2-7,10,23H,8-9H2,1H3,(H,24,26)(H,25,27). The molecular weight excluding hydrogens is 479 g/mol. The van der Waals surface area contributed by atoms with E-state index in [-0.39, 0.29) is 34.2 Å². The van der Waals surface area contributed by atoms with E-state index in [2.05, 4.69) is 20.3 Å². The fourth-order valence-corrected chi connectivity index (χ4v) is 3.52. The maximum atomic E-state index is 12.2. The Kier molecular flexibility index (Phi) is 8.30. The summed E-state index contributed by atoms with van der Waals surface area (Å²) in [6.45, 7) is -0.342. The van der Waals surface area contributed by atoms with Crippen molar-refractivity contribution in [2.24, 2.45) is 0 Å². The van der Waals surface area contributed by atoms with Crippen LogP contribution in [0, 0.1) is 0 Å². The summed E-state index contributed by atoms with van der Waals surface area (Å²) in [5, 5.41) is 0.273. The number of benzene rings is 2. The number of carbonyl (C=O) groups excluding carboxylic acids is 2. The van der Waals surface area contributed by atoms with Gasteiger partial charge in [-0.25, -0.2) is 13.1 Å². The quantitative estimate of drug-likeness (QED) is 0.483. The second-order valence-corrected chi connectivity index (χ2v) is 8.22. The summed E-state index contributed by atoms with van der Waals surface area (Å²) in [7, 11) is -2.74. The lowest BCUT2D eigenvalue weighted by atomic mass is 10.2. The summed E-state index contributed by atoms with van der Waals surface area (Å²) < 4.78 is 71.6. The Labute approximate surface area is 185 Å². The first-order valence-electron chi connectivity index (χ1n) is 8.69. The Morgan fingerprint density at radius 3 is 2.31 bits per heavy atom. The number of hydrogen-bond acceptors (Lipinski definition) is 6. The summed E-state index contributed by atoms with van der Waals surface area (Å²) in [4.78, 5) is 23.7. The summed E-state index contributed by atoms with van der Waals surface area (Å²) in [6.07, 6.45) is -5.25. The topological polar surface area (TPSA) is 123 Å². The molecule has 32 heavy (non-hydrogen) atoms. The molecule has 0 aliphatic carbocycles. The number of rotatable bonds is 8. The molecule has 3 N–H and O–H groups in total. The van der Waals surface area contributed by atoms with Crippen molar-refractivity contribution >= 4 is 33.4 Å². The highest BCUT2D eigenvalue weighted by atomic mass is 35.5. The molecule has 0 aliphatic heterocycles. The minimum absolute atomic E-state index is 0.0685. The lowest BCUT2D eigenvalue weighted by Gasteiger charge is -2.11. The number of alkyl halides is 3. The first-order valence-corrected chi connectivity index (χ1v) is 10.6. The van der Waals surface area contributed by atoms with Crippen LogP contribution in [0.3, 0.4) is 0 Å². The second-order valence-electron chi connectivity index (χ2n) is 6.01. The summed E-state index contributed by atoms with van der Waals surface area (Å²) in [6, 6.07) is 7.84. The van der Waals surface area contributed by atoms with E-state index in [0.717, 1.165) is 24.3 Å². The van der Waals surface area contributed by atoms with E-state index in [9.17, 15) is 31.2 Å². The zero-order valence-corrected chi connectivity index (χ0v) is 17.9. The molecule has 0 atom stereocenters. The molecule has 0 unspecified atom stereocenters. The van der Waals surface area contributed by atoms with E-state index in [0.29, 0.717) is 0 Å². The van der Waals surface area contributed by atoms with Crippen LogP contribution in [0.5, 0.6) is 11.5 Å². The fourth-order valence-electron chi connectivity index (χ4n) is 2.32. The van der Waals surface area contributed by atoms with Gasteiger partial charge in [0.2, 0.25) is 15.9 Å². The van der Waals surface area contributed by atoms with Crippen molar-refractivity contribution in [3.05, 3.63) is 53.1 Å². The Bertz CT molecular complexity index is 1080. The number of nitrogens with one attached hydrogen (secondary N) is 3. The van der Waals surface area contributed by atoms with Crippen molar-refractivity contribution in [3.8, 4) is 11.5 Å². The van der Waals surface area contributed by atoms with Crippen LogP contribution >= 0.6 is 11.6 Å². The molecule has 2 aromatic carbocycles. The van der Waals surface area contributed by atoms with Gasteiger partial charge in [0.15, 0.2) is 0 Å². The first-order chi connectivity index (χ1) is 14.9. The molecule has 0 radical (unpaired) electrons. The predicted molar refractivity (Wildman–Crippen MR) is 107 cm³/mol. The molecule has 2 rings (SSSR count). The molecule has 2 aromatic rings. The zero-order valence-electron chi connectivity index (χ0n) is 16.3. The minimum Gasteiger partial charge on any atom is -0.496 e. The SMILES string of the molecule is COc1ccc(Cl)cc1C(=O)NNC(=O)CCNS(=O)(=O)c1ccc(OC(F)(F)F)cc1. The van der Waals surface area contributed by atoms with Gasteiger partial charge in [-0.2, -0.15) is 0 Å². The van der Waals surface area contributed by atoms with Crippen molar-refractivity contribution in [2.45, 2.75) is 17.7 Å². The molecule has 0 heterocycles. The first kappa shape index (κ1) is 25.2. The lowest BCUT2D eigenvalue weighted by molar-refractivity contribution is -0.274. The lowest BCUT2D eigenvalue weighted by Crippen LogP contribution is -2.42. The third-order valence-corrected chi connectivity index (χ3v) is 5.45. The number of methoxy groups -OCH3 is 1. The van der Waals surface area contributed by atoms with Gasteiger partial charge in [0.1, 0.15) is 11.5 Å². The highest BCUT2D eigenvalue weighted by molar-refractivity contribution is 7.89. The number of ether oxygens (including phenoxy) is 2. The molecule has 0 aliphatic rings. The molecule has 14 heteroatoms. The van der Waals surface area contributed by atoms with E-state index in [4.69, 9.17) is 16.3 Å². The molecular formula is C18H17ClF3N3O6S. The minimum atomic E-state index is -4.90. The van der Waals surface area contributed by atoms with Crippen LogP contribution in [0.1, 0.15) is 16.8 Å². The van der Waals surface area contributed by atoms with E-state index in [1.54, 1.807) is 0 Å². The highest BCUT2D eigenvalue weighted by Gasteiger charge is 2.31. The van der Waals surface area contributed by atoms with E-state index in [1.165, 1.54) is 25.3 Å². The van der Waals surface area contributed by atoms with Gasteiger partial charge in [-0.05, 0) is 42.5 Å². The van der Waals surface area contributed by atoms with Gasteiger partial charge in [-0.3, -0.25) is 20.4 Å². The Morgan fingerprint density at radius 2 is 1.72 bits per heavy atom. The Balaban J connectivity index is 1.84. The third kappa shape index (κ3) is 7.59.